The van der Waals surface area contributed by atoms with E-state index >= 15 is 0 Å². The lowest BCUT2D eigenvalue weighted by molar-refractivity contribution is -0.129. The van der Waals surface area contributed by atoms with E-state index in [0.717, 1.165) is 21.2 Å². The molecule has 0 saturated heterocycles. The fraction of sp³-hybridized carbons (Fsp3) is 0.278. The van der Waals surface area contributed by atoms with Crippen LogP contribution in [0.5, 0.6) is 17.2 Å². The van der Waals surface area contributed by atoms with E-state index in [4.69, 9.17) is 34.6 Å². The Morgan fingerprint density at radius 3 is 2.46 bits per heavy atom. The smallest absolute Gasteiger partial charge is 0.252 e. The van der Waals surface area contributed by atoms with Crippen LogP contribution in [0.4, 0.5) is 0 Å². The summed E-state index contributed by atoms with van der Waals surface area (Å²) in [7, 11) is 3.13. The van der Waals surface area contributed by atoms with Crippen molar-refractivity contribution in [3.63, 3.8) is 0 Å². The molecule has 0 bridgehead atoms. The van der Waals surface area contributed by atoms with Crippen molar-refractivity contribution in [1.82, 2.24) is 5.32 Å². The second kappa shape index (κ2) is 16.2. The van der Waals surface area contributed by atoms with E-state index in [2.05, 4.69) is 31.3 Å². The summed E-state index contributed by atoms with van der Waals surface area (Å²) in [6, 6.07) is 27.9. The van der Waals surface area contributed by atoms with Gasteiger partial charge in [0.15, 0.2) is 23.1 Å². The minimum absolute atomic E-state index is 0.0415. The standard InChI is InChI=1S/C36H36BrN5O6/c1-45-31-17-10-25(20-32(31)46-2)22-39-35(44)36(21-24-8-13-28(37)14-9-24)33(30-7-4-3-6-27(30)23-40-42-38)48-34(41-36)26-11-15-29(16-12-26)47-19-5-18-43/h3-4,6-17,20,33,43H,5,18-19,21-23H2,1-2H3,(H,39,44)/t33-,36-/m1/s1. The predicted octanol–water partition coefficient (Wildman–Crippen LogP) is 6.85. The third-order valence-electron chi connectivity index (χ3n) is 7.96. The third-order valence-corrected chi connectivity index (χ3v) is 8.49. The van der Waals surface area contributed by atoms with Crippen molar-refractivity contribution < 1.29 is 28.8 Å². The molecule has 0 saturated carbocycles. The Hall–Kier alpha value is -5.03. The SMILES string of the molecule is COc1ccc(CNC(=O)[C@]2(Cc3ccc(Br)cc3)N=C(c3ccc(OCCCO)cc3)O[C@@H]2c2ccccc2CN=[N+]=[N-])cc1OC. The second-order valence-corrected chi connectivity index (χ2v) is 12.0. The maximum Gasteiger partial charge on any atom is 0.252 e. The van der Waals surface area contributed by atoms with E-state index in [9.17, 15) is 4.79 Å². The molecule has 2 N–H and O–H groups in total. The molecule has 2 atom stereocenters. The highest BCUT2D eigenvalue weighted by Gasteiger charge is 2.53. The lowest BCUT2D eigenvalue weighted by Crippen LogP contribution is -2.49. The third kappa shape index (κ3) is 7.91. The zero-order valence-electron chi connectivity index (χ0n) is 26.6. The number of amides is 1. The number of ether oxygens (including phenoxy) is 4. The van der Waals surface area contributed by atoms with E-state index in [0.29, 0.717) is 47.3 Å². The van der Waals surface area contributed by atoms with Crippen LogP contribution in [-0.2, 0) is 29.0 Å². The van der Waals surface area contributed by atoms with Crippen molar-refractivity contribution in [2.45, 2.75) is 37.6 Å². The summed E-state index contributed by atoms with van der Waals surface area (Å²) >= 11 is 3.51. The number of nitrogens with zero attached hydrogens (tertiary/aromatic N) is 4. The Morgan fingerprint density at radius 2 is 1.75 bits per heavy atom. The van der Waals surface area contributed by atoms with Gasteiger partial charge in [0.2, 0.25) is 5.90 Å². The summed E-state index contributed by atoms with van der Waals surface area (Å²) in [6.07, 6.45) is -0.136. The lowest BCUT2D eigenvalue weighted by atomic mass is 9.80. The minimum atomic E-state index is -1.46. The number of carbonyl (C=O) groups excluding carboxylic acids is 1. The molecule has 1 aliphatic rings. The van der Waals surface area contributed by atoms with E-state index in [1.807, 2.05) is 72.8 Å². The molecule has 11 nitrogen and oxygen atoms in total. The van der Waals surface area contributed by atoms with Gasteiger partial charge >= 0.3 is 0 Å². The number of hydrogen-bond acceptors (Lipinski definition) is 8. The van der Waals surface area contributed by atoms with E-state index < -0.39 is 11.6 Å². The molecule has 1 heterocycles. The molecule has 0 fully saturated rings. The molecule has 0 unspecified atom stereocenters. The topological polar surface area (TPSA) is 147 Å². The van der Waals surface area contributed by atoms with Crippen molar-refractivity contribution in [2.75, 3.05) is 27.4 Å². The molecular formula is C36H36BrN5O6. The molecule has 5 rings (SSSR count). The van der Waals surface area contributed by atoms with Gasteiger partial charge in [-0.05, 0) is 76.3 Å². The first-order chi connectivity index (χ1) is 23.4. The van der Waals surface area contributed by atoms with Gasteiger partial charge in [-0.1, -0.05) is 63.5 Å². The van der Waals surface area contributed by atoms with Gasteiger partial charge < -0.3 is 29.4 Å². The molecule has 48 heavy (non-hydrogen) atoms. The van der Waals surface area contributed by atoms with Crippen molar-refractivity contribution in [3.8, 4) is 17.2 Å². The number of aliphatic imine (C=N–C) groups is 1. The zero-order chi connectivity index (χ0) is 33.9. The molecule has 4 aromatic carbocycles. The van der Waals surface area contributed by atoms with Crippen LogP contribution in [0, 0.1) is 0 Å². The van der Waals surface area contributed by atoms with Crippen LogP contribution < -0.4 is 19.5 Å². The van der Waals surface area contributed by atoms with Crippen LogP contribution in [0.3, 0.4) is 0 Å². The Kier molecular flexibility index (Phi) is 11.6. The van der Waals surface area contributed by atoms with Gasteiger partial charge in [-0.25, -0.2) is 4.99 Å². The number of aliphatic hydroxyl groups is 1. The molecular weight excluding hydrogens is 678 g/mol. The first kappa shape index (κ1) is 34.3. The Bertz CT molecular complexity index is 1790. The first-order valence-electron chi connectivity index (χ1n) is 15.3. The number of aliphatic hydroxyl groups excluding tert-OH is 1. The quantitative estimate of drug-likeness (QED) is 0.0596. The van der Waals surface area contributed by atoms with Gasteiger partial charge in [0, 0.05) is 40.9 Å². The van der Waals surface area contributed by atoms with Crippen LogP contribution >= 0.6 is 15.9 Å². The van der Waals surface area contributed by atoms with Crippen LogP contribution in [0.25, 0.3) is 10.4 Å². The van der Waals surface area contributed by atoms with Crippen LogP contribution in [-0.4, -0.2) is 49.9 Å². The number of methoxy groups -OCH3 is 2. The summed E-state index contributed by atoms with van der Waals surface area (Å²) in [4.78, 5) is 22.8. The molecule has 0 aromatic heterocycles. The highest BCUT2D eigenvalue weighted by atomic mass is 79.9. The van der Waals surface area contributed by atoms with E-state index in [-0.39, 0.29) is 32.0 Å². The predicted molar refractivity (Wildman–Crippen MR) is 185 cm³/mol. The number of halogens is 1. The van der Waals surface area contributed by atoms with Gasteiger partial charge in [-0.3, -0.25) is 4.79 Å². The maximum atomic E-state index is 14.7. The first-order valence-corrected chi connectivity index (χ1v) is 16.1. The molecule has 4 aromatic rings. The van der Waals surface area contributed by atoms with Crippen molar-refractivity contribution in [2.24, 2.45) is 10.1 Å². The number of nitrogens with one attached hydrogen (secondary N) is 1. The molecule has 1 aliphatic heterocycles. The Balaban J connectivity index is 1.59. The number of hydrogen-bond donors (Lipinski definition) is 2. The highest BCUT2D eigenvalue weighted by Crippen LogP contribution is 2.44. The fourth-order valence-electron chi connectivity index (χ4n) is 5.54. The van der Waals surface area contributed by atoms with E-state index in [1.165, 1.54) is 0 Å². The lowest BCUT2D eigenvalue weighted by Gasteiger charge is -2.32. The molecule has 0 aliphatic carbocycles. The normalized spacial score (nSPS) is 16.7. The molecule has 0 spiro atoms. The summed E-state index contributed by atoms with van der Waals surface area (Å²) < 4.78 is 24.2. The van der Waals surface area contributed by atoms with Crippen molar-refractivity contribution >= 4 is 27.7 Å². The van der Waals surface area contributed by atoms with Gasteiger partial charge in [0.25, 0.3) is 5.91 Å². The Morgan fingerprint density at radius 1 is 1.02 bits per heavy atom. The van der Waals surface area contributed by atoms with Gasteiger partial charge in [0.1, 0.15) is 5.75 Å². The highest BCUT2D eigenvalue weighted by molar-refractivity contribution is 9.10. The maximum absolute atomic E-state index is 14.7. The Labute approximate surface area is 287 Å². The second-order valence-electron chi connectivity index (χ2n) is 11.1. The zero-order valence-corrected chi connectivity index (χ0v) is 28.2. The minimum Gasteiger partial charge on any atom is -0.494 e. The van der Waals surface area contributed by atoms with Crippen LogP contribution in [0.15, 0.2) is 106 Å². The monoisotopic (exact) mass is 713 g/mol. The van der Waals surface area contributed by atoms with Gasteiger partial charge in [0.05, 0.1) is 27.4 Å². The molecule has 0 radical (unpaired) electrons. The number of azide groups is 1. The number of rotatable bonds is 15. The van der Waals surface area contributed by atoms with Crippen LogP contribution in [0.2, 0.25) is 0 Å². The summed E-state index contributed by atoms with van der Waals surface area (Å²) in [5.41, 5.74) is 11.4. The average molecular weight is 715 g/mol. The summed E-state index contributed by atoms with van der Waals surface area (Å²) in [5.74, 6) is 1.71. The molecule has 248 valence electrons. The van der Waals surface area contributed by atoms with Crippen molar-refractivity contribution in [1.29, 1.82) is 0 Å². The van der Waals surface area contributed by atoms with E-state index in [1.54, 1.807) is 32.4 Å². The number of benzene rings is 4. The van der Waals surface area contributed by atoms with Gasteiger partial charge in [-0.2, -0.15) is 0 Å². The molecule has 12 heteroatoms. The van der Waals surface area contributed by atoms with Crippen molar-refractivity contribution in [3.05, 3.63) is 134 Å². The largest absolute Gasteiger partial charge is 0.494 e. The molecule has 1 amide bonds. The fourth-order valence-corrected chi connectivity index (χ4v) is 5.80. The number of carbonyl (C=O) groups is 1. The summed E-state index contributed by atoms with van der Waals surface area (Å²) in [5, 5.41) is 16.0. The van der Waals surface area contributed by atoms with Crippen LogP contribution in [0.1, 0.15) is 40.3 Å². The van der Waals surface area contributed by atoms with Gasteiger partial charge in [-0.15, -0.1) is 0 Å². The summed E-state index contributed by atoms with van der Waals surface area (Å²) in [6.45, 7) is 0.691. The average Bonchev–Trinajstić information content (AvgIpc) is 3.51.